The first-order valence-corrected chi connectivity index (χ1v) is 12.8. The smallest absolute Gasteiger partial charge is 0.243 e. The zero-order valence-corrected chi connectivity index (χ0v) is 19.4. The second-order valence-corrected chi connectivity index (χ2v) is 10.5. The highest BCUT2D eigenvalue weighted by Crippen LogP contribution is 2.24. The number of carbonyl (C=O) groups excluding carboxylic acids is 1. The lowest BCUT2D eigenvalue weighted by atomic mass is 9.98. The molecule has 1 N–H and O–H groups in total. The Bertz CT molecular complexity index is 1060. The van der Waals surface area contributed by atoms with E-state index in [4.69, 9.17) is 4.74 Å². The van der Waals surface area contributed by atoms with E-state index >= 15 is 0 Å². The van der Waals surface area contributed by atoms with E-state index in [1.54, 1.807) is 0 Å². The minimum atomic E-state index is -3.76. The molecule has 178 valence electrons. The van der Waals surface area contributed by atoms with Crippen LogP contribution in [0, 0.1) is 11.7 Å². The maximum Gasteiger partial charge on any atom is 0.243 e. The number of nitrogens with zero attached hydrogens (tertiary/aromatic N) is 2. The van der Waals surface area contributed by atoms with Crippen molar-refractivity contribution in [2.45, 2.75) is 30.8 Å². The Morgan fingerprint density at radius 2 is 1.79 bits per heavy atom. The van der Waals surface area contributed by atoms with Gasteiger partial charge in [0.05, 0.1) is 24.0 Å². The van der Waals surface area contributed by atoms with Gasteiger partial charge in [0, 0.05) is 39.3 Å². The van der Waals surface area contributed by atoms with Crippen molar-refractivity contribution in [1.82, 2.24) is 14.5 Å². The second kappa shape index (κ2) is 10.7. The van der Waals surface area contributed by atoms with Gasteiger partial charge in [-0.25, -0.2) is 12.8 Å². The number of hydrogen-bond acceptors (Lipinski definition) is 5. The molecular weight excluding hydrogens is 445 g/mol. The molecule has 0 bridgehead atoms. The van der Waals surface area contributed by atoms with Crippen LogP contribution >= 0.6 is 0 Å². The number of amides is 1. The zero-order valence-electron chi connectivity index (χ0n) is 18.6. The first-order valence-electron chi connectivity index (χ1n) is 11.3. The van der Waals surface area contributed by atoms with E-state index in [9.17, 15) is 17.6 Å². The maximum absolute atomic E-state index is 13.2. The summed E-state index contributed by atoms with van der Waals surface area (Å²) >= 11 is 0. The molecule has 2 aromatic rings. The molecule has 2 saturated heterocycles. The number of carbonyl (C=O) groups is 1. The van der Waals surface area contributed by atoms with Crippen LogP contribution in [-0.4, -0.2) is 62.9 Å². The number of ether oxygens (including phenoxy) is 1. The lowest BCUT2D eigenvalue weighted by Crippen LogP contribution is -2.45. The largest absolute Gasteiger partial charge is 0.379 e. The van der Waals surface area contributed by atoms with Crippen LogP contribution in [0.4, 0.5) is 4.39 Å². The average molecular weight is 476 g/mol. The van der Waals surface area contributed by atoms with Crippen molar-refractivity contribution >= 4 is 15.9 Å². The fourth-order valence-electron chi connectivity index (χ4n) is 4.32. The molecule has 1 atom stereocenters. The summed E-state index contributed by atoms with van der Waals surface area (Å²) in [5.74, 6) is -1.04. The van der Waals surface area contributed by atoms with Crippen LogP contribution in [0.3, 0.4) is 0 Å². The van der Waals surface area contributed by atoms with Crippen molar-refractivity contribution in [3.63, 3.8) is 0 Å². The van der Waals surface area contributed by atoms with Gasteiger partial charge >= 0.3 is 0 Å². The molecule has 2 aliphatic heterocycles. The van der Waals surface area contributed by atoms with Crippen molar-refractivity contribution in [3.8, 4) is 0 Å². The van der Waals surface area contributed by atoms with Crippen LogP contribution in [0.1, 0.15) is 24.0 Å². The topological polar surface area (TPSA) is 79.0 Å². The molecule has 0 aliphatic carbocycles. The first kappa shape index (κ1) is 23.8. The van der Waals surface area contributed by atoms with Crippen LogP contribution in [0.15, 0.2) is 53.4 Å². The van der Waals surface area contributed by atoms with Crippen LogP contribution in [-0.2, 0) is 32.6 Å². The highest BCUT2D eigenvalue weighted by Gasteiger charge is 2.33. The molecule has 9 heteroatoms. The van der Waals surface area contributed by atoms with Gasteiger partial charge in [-0.05, 0) is 48.2 Å². The normalized spacial score (nSPS) is 20.5. The van der Waals surface area contributed by atoms with Gasteiger partial charge in [-0.3, -0.25) is 9.69 Å². The minimum Gasteiger partial charge on any atom is -0.379 e. The molecule has 0 aromatic heterocycles. The van der Waals surface area contributed by atoms with Crippen molar-refractivity contribution < 1.29 is 22.3 Å². The summed E-state index contributed by atoms with van der Waals surface area (Å²) in [5, 5.41) is 2.98. The number of sulfonamides is 1. The van der Waals surface area contributed by atoms with E-state index in [1.807, 2.05) is 12.1 Å². The number of nitrogens with one attached hydrogen (secondary N) is 1. The Labute approximate surface area is 194 Å². The summed E-state index contributed by atoms with van der Waals surface area (Å²) in [5.41, 5.74) is 2.21. The number of rotatable bonds is 7. The molecule has 0 unspecified atom stereocenters. The predicted molar refractivity (Wildman–Crippen MR) is 122 cm³/mol. The molecule has 7 nitrogen and oxygen atoms in total. The SMILES string of the molecule is O=C(NCc1cccc(CN2CCOCC2)c1)[C@@H]1CCCN(S(=O)(=O)c2ccc(F)cc2)C1. The quantitative estimate of drug-likeness (QED) is 0.665. The molecule has 2 aromatic carbocycles. The highest BCUT2D eigenvalue weighted by molar-refractivity contribution is 7.89. The summed E-state index contributed by atoms with van der Waals surface area (Å²) in [6, 6.07) is 12.9. The maximum atomic E-state index is 13.2. The van der Waals surface area contributed by atoms with Gasteiger partial charge in [0.25, 0.3) is 0 Å². The van der Waals surface area contributed by atoms with Gasteiger partial charge in [0.15, 0.2) is 0 Å². The third-order valence-corrected chi connectivity index (χ3v) is 8.05. The van der Waals surface area contributed by atoms with Crippen molar-refractivity contribution in [1.29, 1.82) is 0 Å². The van der Waals surface area contributed by atoms with Crippen LogP contribution in [0.5, 0.6) is 0 Å². The summed E-state index contributed by atoms with van der Waals surface area (Å²) in [7, 11) is -3.76. The van der Waals surface area contributed by atoms with Gasteiger partial charge in [0.1, 0.15) is 5.82 Å². The van der Waals surface area contributed by atoms with E-state index in [-0.39, 0.29) is 17.3 Å². The molecule has 1 amide bonds. The van der Waals surface area contributed by atoms with Crippen LogP contribution in [0.2, 0.25) is 0 Å². The Morgan fingerprint density at radius 3 is 2.55 bits per heavy atom. The van der Waals surface area contributed by atoms with Gasteiger partial charge in [0.2, 0.25) is 15.9 Å². The Kier molecular flexibility index (Phi) is 7.75. The standard InChI is InChI=1S/C24H30FN3O4S/c25-22-6-8-23(9-7-22)33(30,31)28-10-2-5-21(18-28)24(29)26-16-19-3-1-4-20(15-19)17-27-11-13-32-14-12-27/h1,3-4,6-9,15,21H,2,5,10-14,16-18H2,(H,26,29)/t21-/m1/s1. The Hall–Kier alpha value is -2.33. The van der Waals surface area contributed by atoms with E-state index in [0.717, 1.165) is 50.5 Å². The van der Waals surface area contributed by atoms with Crippen molar-refractivity contribution in [3.05, 3.63) is 65.5 Å². The molecular formula is C24H30FN3O4S. The lowest BCUT2D eigenvalue weighted by molar-refractivity contribution is -0.126. The number of benzene rings is 2. The van der Waals surface area contributed by atoms with E-state index in [1.165, 1.54) is 22.0 Å². The molecule has 33 heavy (non-hydrogen) atoms. The van der Waals surface area contributed by atoms with E-state index in [2.05, 4.69) is 22.3 Å². The predicted octanol–water partition coefficient (Wildman–Crippen LogP) is 2.38. The molecule has 2 fully saturated rings. The Balaban J connectivity index is 1.33. The molecule has 4 rings (SSSR count). The fourth-order valence-corrected chi connectivity index (χ4v) is 5.84. The molecule has 2 aliphatic rings. The highest BCUT2D eigenvalue weighted by atomic mass is 32.2. The van der Waals surface area contributed by atoms with Crippen LogP contribution in [0.25, 0.3) is 0 Å². The third-order valence-electron chi connectivity index (χ3n) is 6.17. The lowest BCUT2D eigenvalue weighted by Gasteiger charge is -2.31. The van der Waals surface area contributed by atoms with E-state index < -0.39 is 21.8 Å². The number of morpholine rings is 1. The fraction of sp³-hybridized carbons (Fsp3) is 0.458. The van der Waals surface area contributed by atoms with Crippen molar-refractivity contribution in [2.75, 3.05) is 39.4 Å². The van der Waals surface area contributed by atoms with Gasteiger partial charge < -0.3 is 10.1 Å². The molecule has 2 heterocycles. The van der Waals surface area contributed by atoms with Gasteiger partial charge in [-0.15, -0.1) is 0 Å². The number of halogens is 1. The molecule has 0 saturated carbocycles. The Morgan fingerprint density at radius 1 is 1.06 bits per heavy atom. The monoisotopic (exact) mass is 475 g/mol. The first-order chi connectivity index (χ1) is 15.9. The molecule has 0 radical (unpaired) electrons. The summed E-state index contributed by atoms with van der Waals surface area (Å²) < 4.78 is 45.7. The summed E-state index contributed by atoms with van der Waals surface area (Å²) in [6.45, 7) is 5.08. The summed E-state index contributed by atoms with van der Waals surface area (Å²) in [4.78, 5) is 15.2. The summed E-state index contributed by atoms with van der Waals surface area (Å²) in [6.07, 6.45) is 1.24. The minimum absolute atomic E-state index is 0.0436. The van der Waals surface area contributed by atoms with Crippen molar-refractivity contribution in [2.24, 2.45) is 5.92 Å². The van der Waals surface area contributed by atoms with Crippen LogP contribution < -0.4 is 5.32 Å². The van der Waals surface area contributed by atoms with E-state index in [0.29, 0.717) is 25.9 Å². The number of hydrogen-bond donors (Lipinski definition) is 1. The third kappa shape index (κ3) is 6.17. The molecule has 0 spiro atoms. The second-order valence-electron chi connectivity index (χ2n) is 8.58. The zero-order chi connectivity index (χ0) is 23.3. The number of piperidine rings is 1. The average Bonchev–Trinajstić information content (AvgIpc) is 2.84. The van der Waals surface area contributed by atoms with Gasteiger partial charge in [-0.2, -0.15) is 4.31 Å². The van der Waals surface area contributed by atoms with Gasteiger partial charge in [-0.1, -0.05) is 24.3 Å².